The Morgan fingerprint density at radius 1 is 1.47 bits per heavy atom. The number of hydrogen-bond donors (Lipinski definition) is 2. The maximum absolute atomic E-state index is 11.9. The van der Waals surface area contributed by atoms with Gasteiger partial charge in [0.1, 0.15) is 6.04 Å². The standard InChI is InChI=1S/C13H15BrClNO3/c1-2-3-4-11(13(18)19)16-12(17)8-5-6-10(15)9(14)7-8/h5-7,11H,2-4H2,1H3,(H,16,17)(H,18,19). The molecule has 2 N–H and O–H groups in total. The summed E-state index contributed by atoms with van der Waals surface area (Å²) in [6.45, 7) is 1.97. The molecule has 0 aliphatic carbocycles. The second-order valence-electron chi connectivity index (χ2n) is 4.14. The summed E-state index contributed by atoms with van der Waals surface area (Å²) in [5.41, 5.74) is 0.374. The van der Waals surface area contributed by atoms with E-state index >= 15 is 0 Å². The van der Waals surface area contributed by atoms with Crippen molar-refractivity contribution >= 4 is 39.4 Å². The smallest absolute Gasteiger partial charge is 0.326 e. The lowest BCUT2D eigenvalue weighted by atomic mass is 10.1. The van der Waals surface area contributed by atoms with Crippen LogP contribution in [0.4, 0.5) is 0 Å². The first-order chi connectivity index (χ1) is 8.95. The predicted molar refractivity (Wildman–Crippen MR) is 77.6 cm³/mol. The van der Waals surface area contributed by atoms with E-state index < -0.39 is 17.9 Å². The van der Waals surface area contributed by atoms with Gasteiger partial charge in [-0.25, -0.2) is 4.79 Å². The molecule has 1 rings (SSSR count). The largest absolute Gasteiger partial charge is 0.480 e. The highest BCUT2D eigenvalue weighted by Gasteiger charge is 2.20. The lowest BCUT2D eigenvalue weighted by Gasteiger charge is -2.14. The lowest BCUT2D eigenvalue weighted by Crippen LogP contribution is -2.40. The maximum Gasteiger partial charge on any atom is 0.326 e. The number of unbranched alkanes of at least 4 members (excludes halogenated alkanes) is 1. The van der Waals surface area contributed by atoms with Gasteiger partial charge in [-0.3, -0.25) is 4.79 Å². The fraction of sp³-hybridized carbons (Fsp3) is 0.385. The Bertz CT molecular complexity index is 479. The normalized spacial score (nSPS) is 11.9. The molecule has 1 atom stereocenters. The number of rotatable bonds is 6. The number of carbonyl (C=O) groups excluding carboxylic acids is 1. The molecule has 0 aliphatic rings. The Labute approximate surface area is 125 Å². The fourth-order valence-electron chi connectivity index (χ4n) is 1.54. The minimum atomic E-state index is -1.02. The molecule has 4 nitrogen and oxygen atoms in total. The highest BCUT2D eigenvalue weighted by Crippen LogP contribution is 2.23. The van der Waals surface area contributed by atoms with Crippen molar-refractivity contribution in [3.63, 3.8) is 0 Å². The van der Waals surface area contributed by atoms with Gasteiger partial charge in [-0.15, -0.1) is 0 Å². The van der Waals surface area contributed by atoms with E-state index in [4.69, 9.17) is 16.7 Å². The van der Waals surface area contributed by atoms with Gasteiger partial charge in [0.25, 0.3) is 5.91 Å². The zero-order chi connectivity index (χ0) is 14.4. The topological polar surface area (TPSA) is 66.4 Å². The summed E-state index contributed by atoms with van der Waals surface area (Å²) in [6.07, 6.45) is 2.06. The molecular weight excluding hydrogens is 334 g/mol. The summed E-state index contributed by atoms with van der Waals surface area (Å²) < 4.78 is 0.599. The summed E-state index contributed by atoms with van der Waals surface area (Å²) in [6, 6.07) is 3.85. The molecule has 0 saturated carbocycles. The molecule has 1 unspecified atom stereocenters. The van der Waals surface area contributed by atoms with Crippen LogP contribution < -0.4 is 5.32 Å². The van der Waals surface area contributed by atoms with Crippen LogP contribution in [-0.2, 0) is 4.79 Å². The van der Waals surface area contributed by atoms with Gasteiger partial charge in [-0.05, 0) is 40.5 Å². The third-order valence-corrected chi connectivity index (χ3v) is 3.85. The van der Waals surface area contributed by atoms with Crippen molar-refractivity contribution in [1.82, 2.24) is 5.32 Å². The molecule has 0 aromatic heterocycles. The van der Waals surface area contributed by atoms with Crippen LogP contribution in [0.25, 0.3) is 0 Å². The zero-order valence-corrected chi connectivity index (χ0v) is 12.8. The van der Waals surface area contributed by atoms with E-state index in [2.05, 4.69) is 21.2 Å². The molecule has 0 saturated heterocycles. The molecular formula is C13H15BrClNO3. The van der Waals surface area contributed by atoms with E-state index in [-0.39, 0.29) is 0 Å². The molecule has 0 fully saturated rings. The average Bonchev–Trinajstić information content (AvgIpc) is 2.37. The summed E-state index contributed by atoms with van der Waals surface area (Å²) in [5, 5.41) is 12.1. The van der Waals surface area contributed by atoms with Crippen molar-refractivity contribution in [1.29, 1.82) is 0 Å². The quantitative estimate of drug-likeness (QED) is 0.827. The van der Waals surface area contributed by atoms with Crippen molar-refractivity contribution in [2.24, 2.45) is 0 Å². The van der Waals surface area contributed by atoms with Crippen molar-refractivity contribution in [3.8, 4) is 0 Å². The van der Waals surface area contributed by atoms with E-state index in [9.17, 15) is 9.59 Å². The molecule has 0 aliphatic heterocycles. The van der Waals surface area contributed by atoms with Crippen LogP contribution in [-0.4, -0.2) is 23.0 Å². The highest BCUT2D eigenvalue weighted by atomic mass is 79.9. The van der Waals surface area contributed by atoms with Crippen LogP contribution >= 0.6 is 27.5 Å². The van der Waals surface area contributed by atoms with Gasteiger partial charge in [0, 0.05) is 10.0 Å². The van der Waals surface area contributed by atoms with Gasteiger partial charge in [0.15, 0.2) is 0 Å². The van der Waals surface area contributed by atoms with Gasteiger partial charge in [-0.1, -0.05) is 31.4 Å². The van der Waals surface area contributed by atoms with Gasteiger partial charge >= 0.3 is 5.97 Å². The fourth-order valence-corrected chi connectivity index (χ4v) is 2.04. The molecule has 1 aromatic rings. The third-order valence-electron chi connectivity index (χ3n) is 2.63. The number of carboxylic acids is 1. The molecule has 0 spiro atoms. The Morgan fingerprint density at radius 2 is 2.16 bits per heavy atom. The number of benzene rings is 1. The van der Waals surface area contributed by atoms with Crippen LogP contribution in [0.1, 0.15) is 36.5 Å². The van der Waals surface area contributed by atoms with Gasteiger partial charge in [0.05, 0.1) is 5.02 Å². The predicted octanol–water partition coefficient (Wildman–Crippen LogP) is 3.48. The Morgan fingerprint density at radius 3 is 2.68 bits per heavy atom. The molecule has 104 valence electrons. The summed E-state index contributed by atoms with van der Waals surface area (Å²) in [5.74, 6) is -1.43. The second kappa shape index (κ2) is 7.50. The molecule has 6 heteroatoms. The second-order valence-corrected chi connectivity index (χ2v) is 5.40. The SMILES string of the molecule is CCCCC(NC(=O)c1ccc(Cl)c(Br)c1)C(=O)O. The van der Waals surface area contributed by atoms with E-state index in [0.29, 0.717) is 21.5 Å². The molecule has 0 radical (unpaired) electrons. The van der Waals surface area contributed by atoms with Gasteiger partial charge in [0.2, 0.25) is 0 Å². The van der Waals surface area contributed by atoms with Crippen molar-refractivity contribution in [3.05, 3.63) is 33.3 Å². The Hall–Kier alpha value is -1.07. The van der Waals surface area contributed by atoms with Crippen LogP contribution in [0.5, 0.6) is 0 Å². The first kappa shape index (κ1) is 16.0. The van der Waals surface area contributed by atoms with Crippen LogP contribution in [0.15, 0.2) is 22.7 Å². The first-order valence-corrected chi connectivity index (χ1v) is 7.11. The first-order valence-electron chi connectivity index (χ1n) is 5.94. The average molecular weight is 349 g/mol. The minimum absolute atomic E-state index is 0.374. The third kappa shape index (κ3) is 4.84. The number of halogens is 2. The number of nitrogens with one attached hydrogen (secondary N) is 1. The van der Waals surface area contributed by atoms with Crippen molar-refractivity contribution < 1.29 is 14.7 Å². The van der Waals surface area contributed by atoms with E-state index in [1.54, 1.807) is 18.2 Å². The maximum atomic E-state index is 11.9. The Kier molecular flexibility index (Phi) is 6.31. The zero-order valence-electron chi connectivity index (χ0n) is 10.5. The van der Waals surface area contributed by atoms with Crippen molar-refractivity contribution in [2.45, 2.75) is 32.2 Å². The molecule has 0 bridgehead atoms. The van der Waals surface area contributed by atoms with Crippen LogP contribution in [0, 0.1) is 0 Å². The van der Waals surface area contributed by atoms with E-state index in [0.717, 1.165) is 12.8 Å². The van der Waals surface area contributed by atoms with E-state index in [1.165, 1.54) is 0 Å². The molecule has 19 heavy (non-hydrogen) atoms. The molecule has 1 amide bonds. The van der Waals surface area contributed by atoms with E-state index in [1.807, 2.05) is 6.92 Å². The number of carboxylic acid groups (broad SMARTS) is 1. The molecule has 1 aromatic carbocycles. The summed E-state index contributed by atoms with van der Waals surface area (Å²) >= 11 is 9.06. The number of hydrogen-bond acceptors (Lipinski definition) is 2. The van der Waals surface area contributed by atoms with Crippen LogP contribution in [0.3, 0.4) is 0 Å². The summed E-state index contributed by atoms with van der Waals surface area (Å²) in [7, 11) is 0. The Balaban J connectivity index is 2.75. The minimum Gasteiger partial charge on any atom is -0.480 e. The number of amides is 1. The number of carbonyl (C=O) groups is 2. The number of aliphatic carboxylic acids is 1. The van der Waals surface area contributed by atoms with Gasteiger partial charge in [-0.2, -0.15) is 0 Å². The van der Waals surface area contributed by atoms with Gasteiger partial charge < -0.3 is 10.4 Å². The highest BCUT2D eigenvalue weighted by molar-refractivity contribution is 9.10. The monoisotopic (exact) mass is 347 g/mol. The summed E-state index contributed by atoms with van der Waals surface area (Å²) in [4.78, 5) is 23.0. The lowest BCUT2D eigenvalue weighted by molar-refractivity contribution is -0.139. The van der Waals surface area contributed by atoms with Crippen LogP contribution in [0.2, 0.25) is 5.02 Å². The molecule has 0 heterocycles. The van der Waals surface area contributed by atoms with Crippen molar-refractivity contribution in [2.75, 3.05) is 0 Å².